The molecule has 0 spiro atoms. The maximum atomic E-state index is 13.1. The van der Waals surface area contributed by atoms with Crippen LogP contribution in [0, 0.1) is 5.95 Å². The fourth-order valence-corrected chi connectivity index (χ4v) is 1.19. The molecule has 8 heteroatoms. The minimum absolute atomic E-state index is 0.182. The van der Waals surface area contributed by atoms with E-state index in [-0.39, 0.29) is 16.6 Å². The Labute approximate surface area is 101 Å². The lowest BCUT2D eigenvalue weighted by Gasteiger charge is -2.17. The second-order valence-corrected chi connectivity index (χ2v) is 3.74. The van der Waals surface area contributed by atoms with E-state index in [1.807, 2.05) is 0 Å². The first-order chi connectivity index (χ1) is 7.34. The number of halogens is 3. The number of aromatic nitrogens is 1. The largest absolute Gasteiger partial charge is 0.468 e. The van der Waals surface area contributed by atoms with Crippen LogP contribution < -0.4 is 10.5 Å². The number of aliphatic hydroxyl groups excluding tert-OH is 1. The Bertz CT molecular complexity index is 403. The second kappa shape index (κ2) is 5.01. The summed E-state index contributed by atoms with van der Waals surface area (Å²) in [6, 6.07) is 0. The molecule has 0 aliphatic heterocycles. The molecule has 0 aliphatic rings. The highest BCUT2D eigenvalue weighted by atomic mass is 35.5. The van der Waals surface area contributed by atoms with E-state index in [2.05, 4.69) is 4.98 Å². The van der Waals surface area contributed by atoms with Crippen molar-refractivity contribution in [1.82, 2.24) is 4.98 Å². The smallest absolute Gasteiger partial charge is 0.237 e. The van der Waals surface area contributed by atoms with Crippen LogP contribution in [0.4, 0.5) is 10.1 Å². The molecule has 0 amide bonds. The molecule has 0 radical (unpaired) electrons. The van der Waals surface area contributed by atoms with Gasteiger partial charge in [0.25, 0.3) is 0 Å². The van der Waals surface area contributed by atoms with Gasteiger partial charge < -0.3 is 20.7 Å². The van der Waals surface area contributed by atoms with Crippen molar-refractivity contribution in [2.24, 2.45) is 0 Å². The van der Waals surface area contributed by atoms with Crippen molar-refractivity contribution in [3.05, 3.63) is 16.0 Å². The Morgan fingerprint density at radius 2 is 1.94 bits per heavy atom. The fraction of sp³-hybridized carbons (Fsp3) is 0.375. The first-order valence-electron chi connectivity index (χ1n) is 4.17. The van der Waals surface area contributed by atoms with E-state index in [9.17, 15) is 4.39 Å². The van der Waals surface area contributed by atoms with Crippen LogP contribution in [0.1, 0.15) is 6.92 Å². The van der Waals surface area contributed by atoms with Gasteiger partial charge in [0.15, 0.2) is 6.29 Å². The van der Waals surface area contributed by atoms with Crippen LogP contribution >= 0.6 is 23.2 Å². The highest BCUT2D eigenvalue weighted by molar-refractivity contribution is 6.39. The van der Waals surface area contributed by atoms with Crippen molar-refractivity contribution in [2.45, 2.75) is 19.3 Å². The summed E-state index contributed by atoms with van der Waals surface area (Å²) in [5, 5.41) is 17.0. The Morgan fingerprint density at radius 1 is 1.38 bits per heavy atom. The standard InChI is InChI=1S/C8H9Cl2FN2O3/c1-2(8(14)15)16-7-4(10)5(12)3(9)6(11)13-7/h2,8,14-15H,1H3,(H2,12,13)/t2-/m0/s1. The van der Waals surface area contributed by atoms with Crippen molar-refractivity contribution >= 4 is 28.9 Å². The third-order valence-corrected chi connectivity index (χ3v) is 2.48. The number of anilines is 1. The van der Waals surface area contributed by atoms with Crippen LogP contribution in [0.15, 0.2) is 0 Å². The minimum Gasteiger partial charge on any atom is -0.468 e. The van der Waals surface area contributed by atoms with Crippen molar-refractivity contribution in [1.29, 1.82) is 0 Å². The summed E-state index contributed by atoms with van der Waals surface area (Å²) in [6.45, 7) is 1.34. The molecule has 90 valence electrons. The number of nitrogens with zero attached hydrogens (tertiary/aromatic N) is 1. The number of ether oxygens (including phenoxy) is 1. The molecule has 5 nitrogen and oxygen atoms in total. The molecular weight excluding hydrogens is 262 g/mol. The van der Waals surface area contributed by atoms with Gasteiger partial charge in [-0.1, -0.05) is 23.2 Å². The number of nitrogens with two attached hydrogens (primary N) is 1. The quantitative estimate of drug-likeness (QED) is 0.567. The van der Waals surface area contributed by atoms with Gasteiger partial charge in [0.2, 0.25) is 11.8 Å². The zero-order valence-electron chi connectivity index (χ0n) is 8.12. The first kappa shape index (κ1) is 13.2. The van der Waals surface area contributed by atoms with Crippen LogP contribution in [0.3, 0.4) is 0 Å². The molecule has 0 aromatic carbocycles. The summed E-state index contributed by atoms with van der Waals surface area (Å²) in [7, 11) is 0. The SMILES string of the molecule is C[C@H](Oc1nc(F)c(Cl)c(N)c1Cl)C(O)O. The molecule has 0 saturated carbocycles. The van der Waals surface area contributed by atoms with E-state index in [4.69, 9.17) is 43.9 Å². The van der Waals surface area contributed by atoms with Gasteiger partial charge in [-0.15, -0.1) is 0 Å². The van der Waals surface area contributed by atoms with Crippen molar-refractivity contribution in [2.75, 3.05) is 5.73 Å². The van der Waals surface area contributed by atoms with Gasteiger partial charge in [0, 0.05) is 0 Å². The molecular formula is C8H9Cl2FN2O3. The Kier molecular flexibility index (Phi) is 4.15. The number of aliphatic hydroxyl groups is 2. The summed E-state index contributed by atoms with van der Waals surface area (Å²) < 4.78 is 18.0. The van der Waals surface area contributed by atoms with Gasteiger partial charge in [-0.3, -0.25) is 0 Å². The van der Waals surface area contributed by atoms with E-state index in [1.54, 1.807) is 0 Å². The van der Waals surface area contributed by atoms with E-state index in [0.717, 1.165) is 0 Å². The average molecular weight is 271 g/mol. The lowest BCUT2D eigenvalue weighted by Crippen LogP contribution is -2.28. The second-order valence-electron chi connectivity index (χ2n) is 2.99. The van der Waals surface area contributed by atoms with E-state index in [1.165, 1.54) is 6.92 Å². The van der Waals surface area contributed by atoms with Crippen molar-refractivity contribution in [3.8, 4) is 5.88 Å². The molecule has 0 saturated heterocycles. The van der Waals surface area contributed by atoms with Crippen molar-refractivity contribution < 1.29 is 19.3 Å². The highest BCUT2D eigenvalue weighted by Crippen LogP contribution is 2.35. The molecule has 1 heterocycles. The minimum atomic E-state index is -1.75. The van der Waals surface area contributed by atoms with Gasteiger partial charge in [-0.2, -0.15) is 9.37 Å². The van der Waals surface area contributed by atoms with Crippen LogP contribution in [0.2, 0.25) is 10.0 Å². The summed E-state index contributed by atoms with van der Waals surface area (Å²) in [5.41, 5.74) is 5.17. The molecule has 0 fully saturated rings. The molecule has 0 aliphatic carbocycles. The first-order valence-corrected chi connectivity index (χ1v) is 4.93. The van der Waals surface area contributed by atoms with Gasteiger partial charge >= 0.3 is 0 Å². The molecule has 1 aromatic rings. The number of hydrogen-bond acceptors (Lipinski definition) is 5. The third kappa shape index (κ3) is 2.65. The molecule has 0 bridgehead atoms. The average Bonchev–Trinajstić information content (AvgIpc) is 2.22. The molecule has 1 aromatic heterocycles. The number of hydrogen-bond donors (Lipinski definition) is 3. The Balaban J connectivity index is 3.06. The summed E-state index contributed by atoms with van der Waals surface area (Å²) in [6.07, 6.45) is -2.79. The maximum Gasteiger partial charge on any atom is 0.237 e. The Morgan fingerprint density at radius 3 is 2.44 bits per heavy atom. The molecule has 1 rings (SSSR count). The molecule has 1 atom stereocenters. The maximum absolute atomic E-state index is 13.1. The zero-order chi connectivity index (χ0) is 12.5. The number of nitrogen functional groups attached to an aromatic ring is 1. The predicted molar refractivity (Wildman–Crippen MR) is 56.9 cm³/mol. The van der Waals surface area contributed by atoms with E-state index in [0.29, 0.717) is 0 Å². The van der Waals surface area contributed by atoms with Gasteiger partial charge in [-0.05, 0) is 6.92 Å². The van der Waals surface area contributed by atoms with Crippen LogP contribution in [0.5, 0.6) is 5.88 Å². The van der Waals surface area contributed by atoms with E-state index < -0.39 is 23.4 Å². The fourth-order valence-electron chi connectivity index (χ4n) is 0.825. The van der Waals surface area contributed by atoms with Gasteiger partial charge in [-0.25, -0.2) is 0 Å². The van der Waals surface area contributed by atoms with Crippen molar-refractivity contribution in [3.63, 3.8) is 0 Å². The predicted octanol–water partition coefficient (Wildman–Crippen LogP) is 1.19. The van der Waals surface area contributed by atoms with Crippen LogP contribution in [-0.4, -0.2) is 27.6 Å². The van der Waals surface area contributed by atoms with Crippen LogP contribution in [-0.2, 0) is 0 Å². The third-order valence-electron chi connectivity index (χ3n) is 1.76. The zero-order valence-corrected chi connectivity index (χ0v) is 9.63. The summed E-state index contributed by atoms with van der Waals surface area (Å²) in [5.74, 6) is -1.39. The van der Waals surface area contributed by atoms with E-state index >= 15 is 0 Å². The number of rotatable bonds is 3. The Hall–Kier alpha value is -0.820. The van der Waals surface area contributed by atoms with Gasteiger partial charge in [0.05, 0.1) is 5.69 Å². The lowest BCUT2D eigenvalue weighted by molar-refractivity contribution is -0.106. The molecule has 0 unspecified atom stereocenters. The highest BCUT2D eigenvalue weighted by Gasteiger charge is 2.20. The normalized spacial score (nSPS) is 12.9. The molecule has 4 N–H and O–H groups in total. The van der Waals surface area contributed by atoms with Gasteiger partial charge in [0.1, 0.15) is 16.1 Å². The summed E-state index contributed by atoms with van der Waals surface area (Å²) in [4.78, 5) is 3.30. The lowest BCUT2D eigenvalue weighted by atomic mass is 10.3. The van der Waals surface area contributed by atoms with Crippen LogP contribution in [0.25, 0.3) is 0 Å². The monoisotopic (exact) mass is 270 g/mol. The molecule has 16 heavy (non-hydrogen) atoms. The summed E-state index contributed by atoms with van der Waals surface area (Å²) >= 11 is 11.1. The topological polar surface area (TPSA) is 88.6 Å². The number of pyridine rings is 1.